The van der Waals surface area contributed by atoms with Crippen molar-refractivity contribution in [2.75, 3.05) is 20.3 Å². The average Bonchev–Trinajstić information content (AvgIpc) is 3.03. The lowest BCUT2D eigenvalue weighted by Crippen LogP contribution is -2.53. The lowest BCUT2D eigenvalue weighted by molar-refractivity contribution is -0.122. The third-order valence-electron chi connectivity index (χ3n) is 4.93. The molecule has 0 aliphatic carbocycles. The summed E-state index contributed by atoms with van der Waals surface area (Å²) in [5.41, 5.74) is 0.140. The Morgan fingerprint density at radius 2 is 2.27 bits per heavy atom. The average molecular weight is 519 g/mol. The van der Waals surface area contributed by atoms with E-state index in [-0.39, 0.29) is 37.0 Å². The van der Waals surface area contributed by atoms with Crippen molar-refractivity contribution in [1.29, 1.82) is 0 Å². The van der Waals surface area contributed by atoms with Gasteiger partial charge in [-0.05, 0) is 28.8 Å². The number of hydrogen-bond acceptors (Lipinski definition) is 7. The van der Waals surface area contributed by atoms with Gasteiger partial charge in [-0.2, -0.15) is 0 Å². The summed E-state index contributed by atoms with van der Waals surface area (Å²) >= 11 is 10.5. The highest BCUT2D eigenvalue weighted by molar-refractivity contribution is 9.10. The van der Waals surface area contributed by atoms with Gasteiger partial charge in [0, 0.05) is 20.1 Å². The minimum atomic E-state index is -0.507. The summed E-state index contributed by atoms with van der Waals surface area (Å²) < 4.78 is 13.3. The first-order chi connectivity index (χ1) is 14.4. The largest absolute Gasteiger partial charge is 0.445 e. The zero-order valence-corrected chi connectivity index (χ0v) is 19.5. The summed E-state index contributed by atoms with van der Waals surface area (Å²) in [6.45, 7) is 3.95. The van der Waals surface area contributed by atoms with E-state index in [2.05, 4.69) is 27.5 Å². The molecule has 0 N–H and O–H groups in total. The number of amides is 1. The zero-order chi connectivity index (χ0) is 21.8. The molecule has 3 heterocycles. The number of piperidine rings is 1. The summed E-state index contributed by atoms with van der Waals surface area (Å²) in [5.74, 6) is -0.213. The van der Waals surface area contributed by atoms with Gasteiger partial charge in [-0.1, -0.05) is 24.3 Å². The molecule has 8 nitrogen and oxygen atoms in total. The number of carbonyl (C=O) groups is 2. The smallest absolute Gasteiger partial charge is 0.410 e. The molecule has 1 aliphatic rings. The number of thiophene rings is 1. The molecule has 1 fully saturated rings. The van der Waals surface area contributed by atoms with Gasteiger partial charge in [0.05, 0.1) is 29.5 Å². The molecule has 1 amide bonds. The number of aromatic nitrogens is 2. The number of ether oxygens (including phenoxy) is 2. The number of rotatable bonds is 7. The molecule has 2 aromatic rings. The van der Waals surface area contributed by atoms with E-state index in [1.807, 2.05) is 0 Å². The third-order valence-corrected chi connectivity index (χ3v) is 7.57. The van der Waals surface area contributed by atoms with Gasteiger partial charge in [0.1, 0.15) is 21.2 Å². The molecule has 11 heteroatoms. The number of halogens is 2. The van der Waals surface area contributed by atoms with Gasteiger partial charge < -0.3 is 14.4 Å². The SMILES string of the molecule is C=CCOC(=O)N1CCC[C@H](OC)[C@H]1CC(=O)Cn1cnc2c(Br)c(Cl)sc2c1=O. The minimum absolute atomic E-state index is 0.0427. The highest BCUT2D eigenvalue weighted by Gasteiger charge is 2.36. The Labute approximate surface area is 190 Å². The molecule has 1 saturated heterocycles. The van der Waals surface area contributed by atoms with Crippen LogP contribution in [0, 0.1) is 0 Å². The maximum atomic E-state index is 12.8. The van der Waals surface area contributed by atoms with Crippen molar-refractivity contribution in [3.63, 3.8) is 0 Å². The molecule has 0 unspecified atom stereocenters. The number of carbonyl (C=O) groups excluding carboxylic acids is 2. The second kappa shape index (κ2) is 10.0. The summed E-state index contributed by atoms with van der Waals surface area (Å²) in [6.07, 6.45) is 3.55. The Morgan fingerprint density at radius 1 is 1.50 bits per heavy atom. The van der Waals surface area contributed by atoms with Crippen LogP contribution in [0.1, 0.15) is 19.3 Å². The summed E-state index contributed by atoms with van der Waals surface area (Å²) in [4.78, 5) is 43.7. The van der Waals surface area contributed by atoms with Crippen LogP contribution in [0.3, 0.4) is 0 Å². The Hall–Kier alpha value is -1.75. The molecule has 0 aromatic carbocycles. The van der Waals surface area contributed by atoms with Crippen LogP contribution in [0.25, 0.3) is 10.2 Å². The number of methoxy groups -OCH3 is 1. The highest BCUT2D eigenvalue weighted by Crippen LogP contribution is 2.36. The fourth-order valence-electron chi connectivity index (χ4n) is 3.52. The Bertz CT molecular complexity index is 1020. The molecule has 0 bridgehead atoms. The van der Waals surface area contributed by atoms with E-state index in [1.54, 1.807) is 7.11 Å². The molecule has 2 aromatic heterocycles. The van der Waals surface area contributed by atoms with Crippen molar-refractivity contribution in [1.82, 2.24) is 14.5 Å². The van der Waals surface area contributed by atoms with Crippen molar-refractivity contribution < 1.29 is 19.1 Å². The van der Waals surface area contributed by atoms with Crippen molar-refractivity contribution in [2.24, 2.45) is 0 Å². The summed E-state index contributed by atoms with van der Waals surface area (Å²) in [6, 6.07) is -0.466. The lowest BCUT2D eigenvalue weighted by Gasteiger charge is -2.39. The van der Waals surface area contributed by atoms with E-state index in [4.69, 9.17) is 21.1 Å². The second-order valence-electron chi connectivity index (χ2n) is 6.83. The van der Waals surface area contributed by atoms with Crippen molar-refractivity contribution in [3.8, 4) is 0 Å². The number of nitrogens with zero attached hydrogens (tertiary/aromatic N) is 3. The van der Waals surface area contributed by atoms with Crippen molar-refractivity contribution in [2.45, 2.75) is 38.0 Å². The standard InChI is InChI=1S/C19H21BrClN3O5S/c1-3-7-29-19(27)24-6-4-5-13(28-2)12(24)8-11(25)9-23-10-22-15-14(20)17(21)30-16(15)18(23)26/h3,10,12-13H,1,4-9H2,2H3/t12-,13+/m1/s1. The Kier molecular flexibility index (Phi) is 7.67. The van der Waals surface area contributed by atoms with Crippen LogP contribution < -0.4 is 5.56 Å². The molecule has 0 saturated carbocycles. The van der Waals surface area contributed by atoms with E-state index in [0.717, 1.165) is 24.2 Å². The van der Waals surface area contributed by atoms with Crippen LogP contribution in [0.2, 0.25) is 4.34 Å². The number of likely N-dealkylation sites (tertiary alicyclic amines) is 1. The molecular formula is C19H21BrClN3O5S. The number of ketones is 1. The number of fused-ring (bicyclic) bond motifs is 1. The topological polar surface area (TPSA) is 90.7 Å². The van der Waals surface area contributed by atoms with Crippen LogP contribution in [-0.2, 0) is 20.8 Å². The lowest BCUT2D eigenvalue weighted by atomic mass is 9.94. The van der Waals surface area contributed by atoms with E-state index in [9.17, 15) is 14.4 Å². The first kappa shape index (κ1) is 22.9. The quantitative estimate of drug-likeness (QED) is 0.520. The van der Waals surface area contributed by atoms with Crippen molar-refractivity contribution >= 4 is 61.0 Å². The van der Waals surface area contributed by atoms with Crippen LogP contribution >= 0.6 is 38.9 Å². The monoisotopic (exact) mass is 517 g/mol. The van der Waals surface area contributed by atoms with Crippen LogP contribution in [0.5, 0.6) is 0 Å². The molecule has 30 heavy (non-hydrogen) atoms. The number of hydrogen-bond donors (Lipinski definition) is 0. The first-order valence-electron chi connectivity index (χ1n) is 9.29. The molecule has 0 spiro atoms. The van der Waals surface area contributed by atoms with E-state index >= 15 is 0 Å². The van der Waals surface area contributed by atoms with Crippen LogP contribution in [0.15, 0.2) is 28.2 Å². The van der Waals surface area contributed by atoms with Gasteiger partial charge in [0.25, 0.3) is 5.56 Å². The summed E-state index contributed by atoms with van der Waals surface area (Å²) in [5, 5.41) is 0. The molecule has 1 aliphatic heterocycles. The highest BCUT2D eigenvalue weighted by atomic mass is 79.9. The molecular weight excluding hydrogens is 498 g/mol. The predicted octanol–water partition coefficient (Wildman–Crippen LogP) is 3.64. The Balaban J connectivity index is 1.78. The molecule has 0 radical (unpaired) electrons. The fraction of sp³-hybridized carbons (Fsp3) is 0.474. The van der Waals surface area contributed by atoms with Gasteiger partial charge in [0.15, 0.2) is 5.78 Å². The predicted molar refractivity (Wildman–Crippen MR) is 118 cm³/mol. The molecule has 162 valence electrons. The van der Waals surface area contributed by atoms with Gasteiger partial charge in [-0.15, -0.1) is 11.3 Å². The normalized spacial score (nSPS) is 19.1. The van der Waals surface area contributed by atoms with E-state index in [1.165, 1.54) is 21.9 Å². The maximum absolute atomic E-state index is 12.8. The van der Waals surface area contributed by atoms with E-state index in [0.29, 0.717) is 25.6 Å². The van der Waals surface area contributed by atoms with Crippen LogP contribution in [0.4, 0.5) is 4.79 Å². The maximum Gasteiger partial charge on any atom is 0.410 e. The second-order valence-corrected chi connectivity index (χ2v) is 9.25. The first-order valence-corrected chi connectivity index (χ1v) is 11.3. The minimum Gasteiger partial charge on any atom is -0.445 e. The van der Waals surface area contributed by atoms with Gasteiger partial charge in [0.2, 0.25) is 0 Å². The van der Waals surface area contributed by atoms with Crippen LogP contribution in [-0.4, -0.2) is 58.7 Å². The Morgan fingerprint density at radius 3 is 2.97 bits per heavy atom. The fourth-order valence-corrected chi connectivity index (χ4v) is 5.34. The van der Waals surface area contributed by atoms with E-state index < -0.39 is 12.1 Å². The molecule has 2 atom stereocenters. The zero-order valence-electron chi connectivity index (χ0n) is 16.3. The third kappa shape index (κ3) is 4.77. The van der Waals surface area contributed by atoms with Gasteiger partial charge >= 0.3 is 6.09 Å². The van der Waals surface area contributed by atoms with Gasteiger partial charge in [-0.25, -0.2) is 9.78 Å². The van der Waals surface area contributed by atoms with Gasteiger partial charge in [-0.3, -0.25) is 14.2 Å². The molecule has 3 rings (SSSR count). The number of Topliss-reactive ketones (excluding diaryl/α,β-unsaturated/α-hetero) is 1. The summed E-state index contributed by atoms with van der Waals surface area (Å²) in [7, 11) is 1.56. The van der Waals surface area contributed by atoms with Crippen molar-refractivity contribution in [3.05, 3.63) is 38.1 Å².